The summed E-state index contributed by atoms with van der Waals surface area (Å²) >= 11 is 4.90. The number of amides is 2. The van der Waals surface area contributed by atoms with Crippen LogP contribution in [0.15, 0.2) is 30.3 Å². The Bertz CT molecular complexity index is 465. The van der Waals surface area contributed by atoms with Gasteiger partial charge in [0, 0.05) is 12.2 Å². The molecule has 0 spiro atoms. The van der Waals surface area contributed by atoms with Gasteiger partial charge in [-0.3, -0.25) is 25.8 Å². The predicted molar refractivity (Wildman–Crippen MR) is 78.9 cm³/mol. The number of benzene rings is 1. The zero-order chi connectivity index (χ0) is 14.8. The summed E-state index contributed by atoms with van der Waals surface area (Å²) in [7, 11) is 0. The van der Waals surface area contributed by atoms with Gasteiger partial charge in [0.1, 0.15) is 0 Å². The Morgan fingerprint density at radius 1 is 1.20 bits per heavy atom. The summed E-state index contributed by atoms with van der Waals surface area (Å²) < 4.78 is 5.04. The first-order valence-electron chi connectivity index (χ1n) is 6.16. The van der Waals surface area contributed by atoms with Gasteiger partial charge < -0.3 is 4.74 Å². The van der Waals surface area contributed by atoms with Crippen molar-refractivity contribution in [1.29, 1.82) is 0 Å². The number of thiocarbonyl (C=S) groups is 1. The second-order valence-corrected chi connectivity index (χ2v) is 4.18. The number of ether oxygens (including phenoxy) is 1. The van der Waals surface area contributed by atoms with Gasteiger partial charge in [-0.15, -0.1) is 0 Å². The van der Waals surface area contributed by atoms with Gasteiger partial charge in [-0.1, -0.05) is 18.2 Å². The van der Waals surface area contributed by atoms with Gasteiger partial charge in [0.05, 0.1) is 13.0 Å². The maximum absolute atomic E-state index is 11.7. The Morgan fingerprint density at radius 2 is 1.90 bits per heavy atom. The molecule has 2 amide bonds. The van der Waals surface area contributed by atoms with Gasteiger partial charge in [0.25, 0.3) is 5.91 Å². The van der Waals surface area contributed by atoms with E-state index >= 15 is 0 Å². The number of hydrogen-bond donors (Lipinski definition) is 3. The highest BCUT2D eigenvalue weighted by atomic mass is 32.1. The third-order valence-corrected chi connectivity index (χ3v) is 2.46. The summed E-state index contributed by atoms with van der Waals surface area (Å²) in [6.45, 7) is 2.75. The fourth-order valence-corrected chi connectivity index (χ4v) is 1.44. The number of hydrazine groups is 1. The Hall–Kier alpha value is -1.99. The van der Waals surface area contributed by atoms with Gasteiger partial charge in [-0.25, -0.2) is 0 Å². The van der Waals surface area contributed by atoms with Crippen LogP contribution in [0.25, 0.3) is 0 Å². The molecule has 6 nitrogen and oxygen atoms in total. The van der Waals surface area contributed by atoms with Gasteiger partial charge in [0.2, 0.25) is 5.91 Å². The van der Waals surface area contributed by atoms with Crippen molar-refractivity contribution in [2.24, 2.45) is 0 Å². The molecule has 0 saturated carbocycles. The summed E-state index contributed by atoms with van der Waals surface area (Å²) in [4.78, 5) is 23.1. The minimum Gasteiger partial charge on any atom is -0.381 e. The van der Waals surface area contributed by atoms with Crippen LogP contribution >= 0.6 is 12.2 Å². The number of carbonyl (C=O) groups excluding carboxylic acids is 2. The minimum atomic E-state index is -0.341. The summed E-state index contributed by atoms with van der Waals surface area (Å²) in [5.41, 5.74) is 5.31. The second-order valence-electron chi connectivity index (χ2n) is 3.77. The van der Waals surface area contributed by atoms with E-state index in [0.717, 1.165) is 0 Å². The van der Waals surface area contributed by atoms with E-state index in [1.807, 2.05) is 13.0 Å². The van der Waals surface area contributed by atoms with Crippen LogP contribution in [0.3, 0.4) is 0 Å². The minimum absolute atomic E-state index is 0.0311. The van der Waals surface area contributed by atoms with E-state index in [-0.39, 0.29) is 23.3 Å². The highest BCUT2D eigenvalue weighted by Crippen LogP contribution is 1.97. The van der Waals surface area contributed by atoms with Crippen molar-refractivity contribution in [3.05, 3.63) is 35.9 Å². The van der Waals surface area contributed by atoms with Crippen molar-refractivity contribution < 1.29 is 14.3 Å². The van der Waals surface area contributed by atoms with Crippen molar-refractivity contribution in [3.8, 4) is 0 Å². The third-order valence-electron chi connectivity index (χ3n) is 2.26. The lowest BCUT2D eigenvalue weighted by atomic mass is 10.2. The molecule has 0 aromatic heterocycles. The maximum atomic E-state index is 11.7. The summed E-state index contributed by atoms with van der Waals surface area (Å²) in [5.74, 6) is -0.610. The molecule has 0 saturated heterocycles. The number of nitrogens with one attached hydrogen (secondary N) is 3. The Labute approximate surface area is 122 Å². The molecule has 0 unspecified atom stereocenters. The van der Waals surface area contributed by atoms with Crippen LogP contribution in [0, 0.1) is 0 Å². The van der Waals surface area contributed by atoms with Gasteiger partial charge in [-0.05, 0) is 31.3 Å². The maximum Gasteiger partial charge on any atom is 0.257 e. The molecule has 0 aliphatic rings. The second kappa shape index (κ2) is 9.00. The monoisotopic (exact) mass is 295 g/mol. The van der Waals surface area contributed by atoms with E-state index in [4.69, 9.17) is 17.0 Å². The van der Waals surface area contributed by atoms with Crippen molar-refractivity contribution in [3.63, 3.8) is 0 Å². The quantitative estimate of drug-likeness (QED) is 0.424. The molecule has 0 radical (unpaired) electrons. The van der Waals surface area contributed by atoms with E-state index in [9.17, 15) is 9.59 Å². The van der Waals surface area contributed by atoms with Crippen LogP contribution < -0.4 is 16.2 Å². The van der Waals surface area contributed by atoms with E-state index < -0.39 is 0 Å². The topological polar surface area (TPSA) is 79.5 Å². The van der Waals surface area contributed by atoms with E-state index in [1.165, 1.54) is 0 Å². The number of hydrogen-bond acceptors (Lipinski definition) is 4. The molecule has 0 bridgehead atoms. The molecule has 1 aromatic carbocycles. The van der Waals surface area contributed by atoms with Crippen molar-refractivity contribution in [2.45, 2.75) is 13.3 Å². The third kappa shape index (κ3) is 6.26. The first-order valence-corrected chi connectivity index (χ1v) is 6.57. The SMILES string of the molecule is CCOCCC(=O)NNC(=S)NC(=O)c1ccccc1. The van der Waals surface area contributed by atoms with Crippen LogP contribution in [0.4, 0.5) is 0 Å². The number of rotatable bonds is 5. The lowest BCUT2D eigenvalue weighted by Crippen LogP contribution is -2.48. The van der Waals surface area contributed by atoms with Gasteiger partial charge in [-0.2, -0.15) is 0 Å². The molecule has 108 valence electrons. The van der Waals surface area contributed by atoms with Crippen molar-refractivity contribution >= 4 is 29.1 Å². The molecule has 1 rings (SSSR count). The molecule has 0 atom stereocenters. The van der Waals surface area contributed by atoms with E-state index in [1.54, 1.807) is 24.3 Å². The fourth-order valence-electron chi connectivity index (χ4n) is 1.29. The zero-order valence-electron chi connectivity index (χ0n) is 11.1. The number of carbonyl (C=O) groups is 2. The molecule has 1 aromatic rings. The van der Waals surface area contributed by atoms with E-state index in [0.29, 0.717) is 18.8 Å². The summed E-state index contributed by atoms with van der Waals surface area (Å²) in [6.07, 6.45) is 0.218. The predicted octanol–water partition coefficient (Wildman–Crippen LogP) is 0.749. The van der Waals surface area contributed by atoms with Crippen molar-refractivity contribution in [2.75, 3.05) is 13.2 Å². The lowest BCUT2D eigenvalue weighted by molar-refractivity contribution is -0.122. The van der Waals surface area contributed by atoms with Crippen LogP contribution in [-0.2, 0) is 9.53 Å². The Balaban J connectivity index is 2.27. The van der Waals surface area contributed by atoms with Crippen LogP contribution in [-0.4, -0.2) is 30.1 Å². The lowest BCUT2D eigenvalue weighted by Gasteiger charge is -2.10. The molecule has 0 heterocycles. The molecule has 7 heteroatoms. The molecule has 0 aliphatic heterocycles. The fraction of sp³-hybridized carbons (Fsp3) is 0.308. The van der Waals surface area contributed by atoms with Gasteiger partial charge in [0.15, 0.2) is 5.11 Å². The Morgan fingerprint density at radius 3 is 2.55 bits per heavy atom. The molecule has 3 N–H and O–H groups in total. The zero-order valence-corrected chi connectivity index (χ0v) is 12.0. The molecule has 20 heavy (non-hydrogen) atoms. The van der Waals surface area contributed by atoms with Crippen LogP contribution in [0.2, 0.25) is 0 Å². The van der Waals surface area contributed by atoms with Crippen LogP contribution in [0.5, 0.6) is 0 Å². The average Bonchev–Trinajstić information content (AvgIpc) is 2.46. The Kier molecular flexibility index (Phi) is 7.23. The smallest absolute Gasteiger partial charge is 0.257 e. The van der Waals surface area contributed by atoms with E-state index in [2.05, 4.69) is 16.2 Å². The molecular formula is C13H17N3O3S. The molecule has 0 aliphatic carbocycles. The molecule has 0 fully saturated rings. The summed E-state index contributed by atoms with van der Waals surface area (Å²) in [5, 5.41) is 2.49. The van der Waals surface area contributed by atoms with Crippen molar-refractivity contribution in [1.82, 2.24) is 16.2 Å². The highest BCUT2D eigenvalue weighted by molar-refractivity contribution is 7.80. The largest absolute Gasteiger partial charge is 0.381 e. The van der Waals surface area contributed by atoms with Gasteiger partial charge >= 0.3 is 0 Å². The first kappa shape index (κ1) is 16.1. The summed E-state index contributed by atoms with van der Waals surface area (Å²) in [6, 6.07) is 8.64. The standard InChI is InChI=1S/C13H17N3O3S/c1-2-19-9-8-11(17)15-16-13(20)14-12(18)10-6-4-3-5-7-10/h3-7H,2,8-9H2,1H3,(H,15,17)(H2,14,16,18,20). The molecular weight excluding hydrogens is 278 g/mol. The average molecular weight is 295 g/mol. The normalized spacial score (nSPS) is 9.65. The highest BCUT2D eigenvalue weighted by Gasteiger charge is 2.07. The first-order chi connectivity index (χ1) is 9.63. The van der Waals surface area contributed by atoms with Crippen LogP contribution in [0.1, 0.15) is 23.7 Å².